The minimum absolute atomic E-state index is 0.144. The lowest BCUT2D eigenvalue weighted by Crippen LogP contribution is -2.23. The van der Waals surface area contributed by atoms with Crippen molar-refractivity contribution in [2.24, 2.45) is 22.9 Å². The smallest absolute Gasteiger partial charge is 0.243 e. The Labute approximate surface area is 139 Å². The summed E-state index contributed by atoms with van der Waals surface area (Å²) in [5, 5.41) is 4.50. The van der Waals surface area contributed by atoms with Gasteiger partial charge in [-0.15, -0.1) is 0 Å². The fourth-order valence-corrected chi connectivity index (χ4v) is 4.02. The molecule has 2 saturated carbocycles. The Morgan fingerprint density at radius 3 is 2.48 bits per heavy atom. The first-order valence-electron chi connectivity index (χ1n) is 9.23. The van der Waals surface area contributed by atoms with Gasteiger partial charge in [-0.2, -0.15) is 5.10 Å². The van der Waals surface area contributed by atoms with E-state index in [2.05, 4.69) is 29.6 Å². The summed E-state index contributed by atoms with van der Waals surface area (Å²) in [5.74, 6) is 1.65. The number of amides is 1. The molecule has 0 radical (unpaired) electrons. The summed E-state index contributed by atoms with van der Waals surface area (Å²) in [6.45, 7) is 2.20. The van der Waals surface area contributed by atoms with E-state index in [1.165, 1.54) is 38.5 Å². The number of nitrogens with one attached hydrogen (secondary N) is 1. The monoisotopic (exact) mass is 312 g/mol. The van der Waals surface area contributed by atoms with Crippen LogP contribution in [0, 0.1) is 17.8 Å². The van der Waals surface area contributed by atoms with E-state index in [-0.39, 0.29) is 11.8 Å². The first kappa shape index (κ1) is 16.2. The number of fused-ring (bicyclic) bond motifs is 1. The maximum Gasteiger partial charge on any atom is 0.243 e. The van der Waals surface area contributed by atoms with E-state index >= 15 is 0 Å². The molecule has 0 unspecified atom stereocenters. The largest absolute Gasteiger partial charge is 0.273 e. The van der Waals surface area contributed by atoms with Gasteiger partial charge in [-0.1, -0.05) is 62.9 Å². The highest BCUT2D eigenvalue weighted by molar-refractivity contribution is 6.01. The van der Waals surface area contributed by atoms with Crippen LogP contribution in [-0.2, 0) is 4.79 Å². The van der Waals surface area contributed by atoms with Gasteiger partial charge in [0.1, 0.15) is 0 Å². The van der Waals surface area contributed by atoms with Crippen LogP contribution in [0.25, 0.3) is 0 Å². The number of benzene rings is 1. The van der Waals surface area contributed by atoms with Crippen LogP contribution >= 0.6 is 0 Å². The maximum absolute atomic E-state index is 12.4. The summed E-state index contributed by atoms with van der Waals surface area (Å²) in [6.07, 6.45) is 9.49. The van der Waals surface area contributed by atoms with Crippen LogP contribution in [0.1, 0.15) is 63.9 Å². The van der Waals surface area contributed by atoms with Crippen molar-refractivity contribution >= 4 is 11.6 Å². The molecule has 1 N–H and O–H groups in total. The number of hydrogen-bond donors (Lipinski definition) is 1. The van der Waals surface area contributed by atoms with Gasteiger partial charge in [0.25, 0.3) is 0 Å². The molecule has 3 heteroatoms. The molecule has 0 aromatic heterocycles. The zero-order chi connectivity index (χ0) is 16.1. The average Bonchev–Trinajstić information content (AvgIpc) is 3.33. The Morgan fingerprint density at radius 2 is 1.83 bits per heavy atom. The van der Waals surface area contributed by atoms with Gasteiger partial charge in [-0.05, 0) is 43.1 Å². The number of hydrazone groups is 1. The van der Waals surface area contributed by atoms with Crippen LogP contribution in [-0.4, -0.2) is 11.6 Å². The van der Waals surface area contributed by atoms with Crippen molar-refractivity contribution in [3.05, 3.63) is 35.9 Å². The van der Waals surface area contributed by atoms with E-state index in [1.807, 2.05) is 18.2 Å². The Bertz CT molecular complexity index is 540. The molecule has 1 amide bonds. The molecule has 2 atom stereocenters. The Hall–Kier alpha value is -1.64. The molecule has 0 spiro atoms. The van der Waals surface area contributed by atoms with E-state index in [0.717, 1.165) is 24.1 Å². The van der Waals surface area contributed by atoms with Crippen molar-refractivity contribution in [2.45, 2.75) is 58.3 Å². The Balaban J connectivity index is 1.62. The molecule has 124 valence electrons. The van der Waals surface area contributed by atoms with Gasteiger partial charge < -0.3 is 0 Å². The lowest BCUT2D eigenvalue weighted by Gasteiger charge is -2.07. The van der Waals surface area contributed by atoms with Crippen molar-refractivity contribution in [3.63, 3.8) is 0 Å². The molecule has 2 fully saturated rings. The first-order valence-corrected chi connectivity index (χ1v) is 9.23. The van der Waals surface area contributed by atoms with Crippen molar-refractivity contribution in [2.75, 3.05) is 0 Å². The van der Waals surface area contributed by atoms with E-state index in [1.54, 1.807) is 0 Å². The molecule has 3 rings (SSSR count). The minimum atomic E-state index is 0.144. The second-order valence-corrected chi connectivity index (χ2v) is 7.00. The van der Waals surface area contributed by atoms with Crippen LogP contribution in [0.15, 0.2) is 35.4 Å². The lowest BCUT2D eigenvalue weighted by atomic mass is 10.0. The number of nitrogens with zero attached hydrogens (tertiary/aromatic N) is 1. The molecule has 0 saturated heterocycles. The fourth-order valence-electron chi connectivity index (χ4n) is 4.02. The average molecular weight is 312 g/mol. The Morgan fingerprint density at radius 1 is 1.13 bits per heavy atom. The highest BCUT2D eigenvalue weighted by atomic mass is 16.2. The first-order chi connectivity index (χ1) is 11.3. The molecule has 0 aliphatic heterocycles. The van der Waals surface area contributed by atoms with Gasteiger partial charge >= 0.3 is 0 Å². The molecular weight excluding hydrogens is 284 g/mol. The number of hydrogen-bond acceptors (Lipinski definition) is 2. The topological polar surface area (TPSA) is 41.5 Å². The molecule has 23 heavy (non-hydrogen) atoms. The summed E-state index contributed by atoms with van der Waals surface area (Å²) in [7, 11) is 0. The van der Waals surface area contributed by atoms with Crippen molar-refractivity contribution < 1.29 is 4.79 Å². The van der Waals surface area contributed by atoms with Crippen LogP contribution in [0.2, 0.25) is 0 Å². The molecule has 1 aromatic carbocycles. The second kappa shape index (κ2) is 7.76. The quantitative estimate of drug-likeness (QED) is 0.449. The normalized spacial score (nSPS) is 26.5. The SMILES string of the molecule is CCCCC/C(=N/NC(=O)C1[C@@H]2CCCC[C@@H]12)c1ccccc1. The third-order valence-corrected chi connectivity index (χ3v) is 5.38. The maximum atomic E-state index is 12.4. The zero-order valence-electron chi connectivity index (χ0n) is 14.1. The van der Waals surface area contributed by atoms with Gasteiger partial charge in [0, 0.05) is 5.92 Å². The predicted octanol–water partition coefficient (Wildman–Crippen LogP) is 4.52. The summed E-state index contributed by atoms with van der Waals surface area (Å²) in [4.78, 5) is 12.4. The minimum Gasteiger partial charge on any atom is -0.273 e. The highest BCUT2D eigenvalue weighted by Gasteiger charge is 2.54. The predicted molar refractivity (Wildman–Crippen MR) is 94.2 cm³/mol. The fraction of sp³-hybridized carbons (Fsp3) is 0.600. The lowest BCUT2D eigenvalue weighted by molar-refractivity contribution is -0.122. The molecular formula is C20H28N2O. The molecule has 3 nitrogen and oxygen atoms in total. The van der Waals surface area contributed by atoms with Crippen LogP contribution in [0.3, 0.4) is 0 Å². The van der Waals surface area contributed by atoms with E-state index < -0.39 is 0 Å². The van der Waals surface area contributed by atoms with Crippen molar-refractivity contribution in [1.29, 1.82) is 0 Å². The molecule has 0 bridgehead atoms. The van der Waals surface area contributed by atoms with Gasteiger partial charge in [0.15, 0.2) is 0 Å². The van der Waals surface area contributed by atoms with Crippen molar-refractivity contribution in [3.8, 4) is 0 Å². The second-order valence-electron chi connectivity index (χ2n) is 7.00. The van der Waals surface area contributed by atoms with Gasteiger partial charge in [-0.3, -0.25) is 4.79 Å². The van der Waals surface area contributed by atoms with E-state index in [9.17, 15) is 4.79 Å². The molecule has 0 heterocycles. The number of unbranched alkanes of at least 4 members (excludes halogenated alkanes) is 2. The third-order valence-electron chi connectivity index (χ3n) is 5.38. The zero-order valence-corrected chi connectivity index (χ0v) is 14.1. The summed E-state index contributed by atoms with van der Waals surface area (Å²) < 4.78 is 0. The summed E-state index contributed by atoms with van der Waals surface area (Å²) in [5.41, 5.74) is 5.01. The highest BCUT2D eigenvalue weighted by Crippen LogP contribution is 2.55. The van der Waals surface area contributed by atoms with Crippen LogP contribution in [0.5, 0.6) is 0 Å². The van der Waals surface area contributed by atoms with Crippen LogP contribution < -0.4 is 5.43 Å². The standard InChI is InChI=1S/C20H28N2O/c1-2-3-5-14-18(15-10-6-4-7-11-15)21-22-20(23)19-16-12-8-9-13-17(16)19/h4,6-7,10-11,16-17,19H,2-3,5,8-9,12-14H2,1H3,(H,22,23)/b21-18-/t16-,17-/m1/s1. The van der Waals surface area contributed by atoms with E-state index in [0.29, 0.717) is 11.8 Å². The molecule has 2 aliphatic carbocycles. The summed E-state index contributed by atoms with van der Waals surface area (Å²) in [6, 6.07) is 10.2. The van der Waals surface area contributed by atoms with Gasteiger partial charge in [0.05, 0.1) is 5.71 Å². The van der Waals surface area contributed by atoms with Crippen LogP contribution in [0.4, 0.5) is 0 Å². The number of rotatable bonds is 7. The van der Waals surface area contributed by atoms with Crippen molar-refractivity contribution in [1.82, 2.24) is 5.43 Å². The van der Waals surface area contributed by atoms with E-state index in [4.69, 9.17) is 0 Å². The number of carbonyl (C=O) groups excluding carboxylic acids is 1. The Kier molecular flexibility index (Phi) is 5.47. The molecule has 2 aliphatic rings. The van der Waals surface area contributed by atoms with Gasteiger partial charge in [-0.25, -0.2) is 5.43 Å². The molecule has 1 aromatic rings. The summed E-state index contributed by atoms with van der Waals surface area (Å²) >= 11 is 0. The number of carbonyl (C=O) groups is 1. The third kappa shape index (κ3) is 4.01. The van der Waals surface area contributed by atoms with Gasteiger partial charge in [0.2, 0.25) is 5.91 Å².